The van der Waals surface area contributed by atoms with Gasteiger partial charge >= 0.3 is 0 Å². The molecule has 186 valence electrons. The SMILES string of the molecule is CCc1ccc(S(=O)(=O)N2CCC(N(c3cc(C)ccn3)S(=O)(=O)c3ccccc3Cl)CC2)cc1. The third kappa shape index (κ3) is 5.23. The fourth-order valence-corrected chi connectivity index (χ4v) is 7.89. The van der Waals surface area contributed by atoms with E-state index in [1.807, 2.05) is 26.0 Å². The molecule has 1 saturated heterocycles. The Morgan fingerprint density at radius 1 is 1.00 bits per heavy atom. The van der Waals surface area contributed by atoms with Gasteiger partial charge < -0.3 is 0 Å². The van der Waals surface area contributed by atoms with Crippen molar-refractivity contribution in [3.63, 3.8) is 0 Å². The number of sulfonamides is 2. The fraction of sp³-hybridized carbons (Fsp3) is 0.320. The first kappa shape index (κ1) is 25.6. The molecular formula is C25H28ClN3O4S2. The zero-order chi connectivity index (χ0) is 25.2. The molecule has 0 unspecified atom stereocenters. The maximum atomic E-state index is 13.8. The van der Waals surface area contributed by atoms with Crippen LogP contribution in [0.15, 0.2) is 76.7 Å². The highest BCUT2D eigenvalue weighted by atomic mass is 35.5. The van der Waals surface area contributed by atoms with Gasteiger partial charge in [0.15, 0.2) is 0 Å². The van der Waals surface area contributed by atoms with Crippen LogP contribution in [0.2, 0.25) is 5.02 Å². The Balaban J connectivity index is 1.64. The summed E-state index contributed by atoms with van der Waals surface area (Å²) >= 11 is 6.27. The van der Waals surface area contributed by atoms with Gasteiger partial charge in [-0.2, -0.15) is 4.31 Å². The summed E-state index contributed by atoms with van der Waals surface area (Å²) in [5.41, 5.74) is 1.93. The van der Waals surface area contributed by atoms with E-state index in [0.717, 1.165) is 17.5 Å². The standard InChI is InChI=1S/C25H28ClN3O4S2/c1-3-20-8-10-22(11-9-20)34(30,31)28-16-13-21(14-17-28)29(25-18-19(2)12-15-27-25)35(32,33)24-7-5-4-6-23(24)26/h4-12,15,18,21H,3,13-14,16-17H2,1-2H3. The summed E-state index contributed by atoms with van der Waals surface area (Å²) in [6.07, 6.45) is 3.05. The first-order chi connectivity index (χ1) is 16.6. The number of aromatic nitrogens is 1. The van der Waals surface area contributed by atoms with Crippen molar-refractivity contribution in [3.05, 3.63) is 83.0 Å². The average Bonchev–Trinajstić information content (AvgIpc) is 2.84. The number of rotatable bonds is 7. The van der Waals surface area contributed by atoms with E-state index < -0.39 is 26.1 Å². The van der Waals surface area contributed by atoms with Crippen LogP contribution in [0, 0.1) is 6.92 Å². The van der Waals surface area contributed by atoms with E-state index in [1.165, 1.54) is 20.7 Å². The third-order valence-electron chi connectivity index (χ3n) is 6.22. The molecule has 0 radical (unpaired) electrons. The predicted octanol–water partition coefficient (Wildman–Crippen LogP) is 4.65. The van der Waals surface area contributed by atoms with Crippen LogP contribution in [0.1, 0.15) is 30.9 Å². The molecule has 0 saturated carbocycles. The first-order valence-electron chi connectivity index (χ1n) is 11.5. The first-order valence-corrected chi connectivity index (χ1v) is 14.7. The molecule has 0 aliphatic carbocycles. The van der Waals surface area contributed by atoms with Crippen LogP contribution < -0.4 is 4.31 Å². The highest BCUT2D eigenvalue weighted by molar-refractivity contribution is 7.93. The van der Waals surface area contributed by atoms with E-state index in [0.29, 0.717) is 18.7 Å². The number of halogens is 1. The molecule has 1 aromatic heterocycles. The quantitative estimate of drug-likeness (QED) is 0.441. The number of piperidine rings is 1. The molecule has 0 bridgehead atoms. The molecular weight excluding hydrogens is 506 g/mol. The summed E-state index contributed by atoms with van der Waals surface area (Å²) < 4.78 is 56.7. The van der Waals surface area contributed by atoms with Crippen molar-refractivity contribution in [1.82, 2.24) is 9.29 Å². The van der Waals surface area contributed by atoms with Crippen molar-refractivity contribution < 1.29 is 16.8 Å². The summed E-state index contributed by atoms with van der Waals surface area (Å²) in [5, 5.41) is 0.126. The molecule has 0 N–H and O–H groups in total. The Morgan fingerprint density at radius 2 is 1.66 bits per heavy atom. The minimum Gasteiger partial charge on any atom is -0.246 e. The van der Waals surface area contributed by atoms with Crippen LogP contribution in [0.3, 0.4) is 0 Å². The highest BCUT2D eigenvalue weighted by Crippen LogP contribution is 2.33. The summed E-state index contributed by atoms with van der Waals surface area (Å²) in [4.78, 5) is 4.58. The molecule has 0 amide bonds. The summed E-state index contributed by atoms with van der Waals surface area (Å²) in [6, 6.07) is 16.2. The lowest BCUT2D eigenvalue weighted by atomic mass is 10.1. The molecule has 7 nitrogen and oxygen atoms in total. The lowest BCUT2D eigenvalue weighted by Gasteiger charge is -2.38. The maximum Gasteiger partial charge on any atom is 0.267 e. The lowest BCUT2D eigenvalue weighted by molar-refractivity contribution is 0.320. The number of hydrogen-bond donors (Lipinski definition) is 0. The van der Waals surface area contributed by atoms with E-state index in [4.69, 9.17) is 11.6 Å². The smallest absolute Gasteiger partial charge is 0.246 e. The third-order valence-corrected chi connectivity index (χ3v) is 10.5. The Hall–Kier alpha value is -2.46. The number of hydrogen-bond acceptors (Lipinski definition) is 5. The van der Waals surface area contributed by atoms with Crippen molar-refractivity contribution in [3.8, 4) is 0 Å². The fourth-order valence-electron chi connectivity index (χ4n) is 4.27. The van der Waals surface area contributed by atoms with Gasteiger partial charge in [-0.1, -0.05) is 42.8 Å². The van der Waals surface area contributed by atoms with Crippen LogP contribution >= 0.6 is 11.6 Å². The molecule has 10 heteroatoms. The topological polar surface area (TPSA) is 87.7 Å². The second kappa shape index (κ2) is 10.3. The molecule has 2 heterocycles. The summed E-state index contributed by atoms with van der Waals surface area (Å²) in [7, 11) is -7.72. The van der Waals surface area contributed by atoms with E-state index in [2.05, 4.69) is 4.98 Å². The lowest BCUT2D eigenvalue weighted by Crippen LogP contribution is -2.49. The number of benzene rings is 2. The van der Waals surface area contributed by atoms with E-state index in [1.54, 1.807) is 42.6 Å². The summed E-state index contributed by atoms with van der Waals surface area (Å²) in [5.74, 6) is 0.293. The van der Waals surface area contributed by atoms with E-state index >= 15 is 0 Å². The molecule has 3 aromatic rings. The van der Waals surface area contributed by atoms with Gasteiger partial charge in [-0.05, 0) is 73.7 Å². The number of aryl methyl sites for hydroxylation is 2. The number of pyridine rings is 1. The molecule has 0 spiro atoms. The average molecular weight is 534 g/mol. The molecule has 1 aliphatic heterocycles. The molecule has 35 heavy (non-hydrogen) atoms. The van der Waals surface area contributed by atoms with Gasteiger partial charge in [0.05, 0.1) is 9.92 Å². The van der Waals surface area contributed by atoms with Gasteiger partial charge in [-0.3, -0.25) is 0 Å². The largest absolute Gasteiger partial charge is 0.267 e. The van der Waals surface area contributed by atoms with Gasteiger partial charge in [0.2, 0.25) is 10.0 Å². The van der Waals surface area contributed by atoms with Crippen LogP contribution in [-0.2, 0) is 26.5 Å². The number of nitrogens with zero attached hydrogens (tertiary/aromatic N) is 3. The monoisotopic (exact) mass is 533 g/mol. The summed E-state index contributed by atoms with van der Waals surface area (Å²) in [6.45, 7) is 4.27. The Labute approximate surface area is 212 Å². The predicted molar refractivity (Wildman–Crippen MR) is 138 cm³/mol. The Bertz CT molecular complexity index is 1400. The number of anilines is 1. The van der Waals surface area contributed by atoms with Crippen molar-refractivity contribution in [2.24, 2.45) is 0 Å². The molecule has 4 rings (SSSR count). The Morgan fingerprint density at radius 3 is 2.26 bits per heavy atom. The van der Waals surface area contributed by atoms with Gasteiger partial charge in [0.1, 0.15) is 10.7 Å². The zero-order valence-electron chi connectivity index (χ0n) is 19.6. The molecule has 2 aromatic carbocycles. The van der Waals surface area contributed by atoms with Crippen LogP contribution in [0.5, 0.6) is 0 Å². The maximum absolute atomic E-state index is 13.8. The van der Waals surface area contributed by atoms with Crippen molar-refractivity contribution in [2.45, 2.75) is 48.9 Å². The highest BCUT2D eigenvalue weighted by Gasteiger charge is 2.38. The van der Waals surface area contributed by atoms with E-state index in [9.17, 15) is 16.8 Å². The normalized spacial score (nSPS) is 15.7. The molecule has 1 fully saturated rings. The van der Waals surface area contributed by atoms with Crippen LogP contribution in [-0.4, -0.2) is 45.3 Å². The molecule has 0 atom stereocenters. The Kier molecular flexibility index (Phi) is 7.51. The van der Waals surface area contributed by atoms with Crippen molar-refractivity contribution in [2.75, 3.05) is 17.4 Å². The van der Waals surface area contributed by atoms with E-state index in [-0.39, 0.29) is 27.9 Å². The van der Waals surface area contributed by atoms with Crippen molar-refractivity contribution in [1.29, 1.82) is 0 Å². The minimum atomic E-state index is -4.04. The van der Waals surface area contributed by atoms with Gasteiger partial charge in [-0.15, -0.1) is 0 Å². The second-order valence-electron chi connectivity index (χ2n) is 8.56. The zero-order valence-corrected chi connectivity index (χ0v) is 22.0. The van der Waals surface area contributed by atoms with Crippen LogP contribution in [0.4, 0.5) is 5.82 Å². The second-order valence-corrected chi connectivity index (χ2v) is 12.7. The van der Waals surface area contributed by atoms with Gasteiger partial charge in [0.25, 0.3) is 10.0 Å². The van der Waals surface area contributed by atoms with Crippen LogP contribution in [0.25, 0.3) is 0 Å². The van der Waals surface area contributed by atoms with Crippen molar-refractivity contribution >= 4 is 37.5 Å². The molecule has 1 aliphatic rings. The minimum absolute atomic E-state index is 0.00367. The van der Waals surface area contributed by atoms with Gasteiger partial charge in [0, 0.05) is 25.3 Å². The van der Waals surface area contributed by atoms with Gasteiger partial charge in [-0.25, -0.2) is 26.1 Å².